The van der Waals surface area contributed by atoms with E-state index in [4.69, 9.17) is 10.5 Å². The van der Waals surface area contributed by atoms with Crippen molar-refractivity contribution in [3.8, 4) is 5.75 Å². The van der Waals surface area contributed by atoms with Crippen LogP contribution in [-0.2, 0) is 0 Å². The Morgan fingerprint density at radius 2 is 2.00 bits per heavy atom. The van der Waals surface area contributed by atoms with E-state index in [0.717, 1.165) is 24.5 Å². The van der Waals surface area contributed by atoms with Crippen LogP contribution >= 0.6 is 0 Å². The maximum atomic E-state index is 5.98. The van der Waals surface area contributed by atoms with Crippen LogP contribution in [0.5, 0.6) is 5.75 Å². The molecule has 106 valence electrons. The van der Waals surface area contributed by atoms with E-state index in [0.29, 0.717) is 12.0 Å². The van der Waals surface area contributed by atoms with E-state index in [1.54, 1.807) is 0 Å². The lowest BCUT2D eigenvalue weighted by molar-refractivity contribution is 0.325. The zero-order valence-electron chi connectivity index (χ0n) is 12.4. The molecule has 1 saturated heterocycles. The summed E-state index contributed by atoms with van der Waals surface area (Å²) in [5.41, 5.74) is 8.42. The van der Waals surface area contributed by atoms with Gasteiger partial charge >= 0.3 is 0 Å². The highest BCUT2D eigenvalue weighted by molar-refractivity contribution is 5.60. The molecule has 1 aromatic rings. The van der Waals surface area contributed by atoms with E-state index < -0.39 is 0 Å². The Hall–Kier alpha value is -1.38. The van der Waals surface area contributed by atoms with Crippen molar-refractivity contribution in [3.63, 3.8) is 0 Å². The minimum absolute atomic E-state index is 0.456. The summed E-state index contributed by atoms with van der Waals surface area (Å²) in [5, 5.41) is 0. The molecule has 0 spiro atoms. The molecule has 0 bridgehead atoms. The van der Waals surface area contributed by atoms with E-state index in [-0.39, 0.29) is 0 Å². The van der Waals surface area contributed by atoms with E-state index in [1.165, 1.54) is 24.9 Å². The van der Waals surface area contributed by atoms with E-state index in [1.807, 2.05) is 13.0 Å². The first-order chi connectivity index (χ1) is 9.00. The van der Waals surface area contributed by atoms with Crippen LogP contribution in [0.1, 0.15) is 40.0 Å². The van der Waals surface area contributed by atoms with Crippen molar-refractivity contribution in [3.05, 3.63) is 18.2 Å². The van der Waals surface area contributed by atoms with Crippen LogP contribution in [0, 0.1) is 5.41 Å². The summed E-state index contributed by atoms with van der Waals surface area (Å²) < 4.78 is 5.58. The maximum absolute atomic E-state index is 5.98. The summed E-state index contributed by atoms with van der Waals surface area (Å²) in [6, 6.07) is 6.06. The Balaban J connectivity index is 2.16. The average molecular weight is 262 g/mol. The summed E-state index contributed by atoms with van der Waals surface area (Å²) in [4.78, 5) is 2.44. The zero-order valence-corrected chi connectivity index (χ0v) is 12.4. The topological polar surface area (TPSA) is 38.5 Å². The highest BCUT2D eigenvalue weighted by Gasteiger charge is 2.23. The molecule has 3 nitrogen and oxygen atoms in total. The van der Waals surface area contributed by atoms with Gasteiger partial charge in [-0.15, -0.1) is 0 Å². The van der Waals surface area contributed by atoms with Crippen molar-refractivity contribution in [1.82, 2.24) is 0 Å². The van der Waals surface area contributed by atoms with Crippen LogP contribution < -0.4 is 15.4 Å². The first-order valence-electron chi connectivity index (χ1n) is 7.28. The third-order valence-corrected chi connectivity index (χ3v) is 3.93. The summed E-state index contributed by atoms with van der Waals surface area (Å²) in [6.45, 7) is 9.61. The van der Waals surface area contributed by atoms with Gasteiger partial charge in [0.05, 0.1) is 6.61 Å². The molecule has 0 radical (unpaired) electrons. The number of anilines is 2. The molecule has 0 atom stereocenters. The van der Waals surface area contributed by atoms with Gasteiger partial charge in [-0.3, -0.25) is 0 Å². The Kier molecular flexibility index (Phi) is 4.23. The van der Waals surface area contributed by atoms with Gasteiger partial charge < -0.3 is 15.4 Å². The number of nitrogens with zero attached hydrogens (tertiary/aromatic N) is 1. The van der Waals surface area contributed by atoms with Crippen molar-refractivity contribution < 1.29 is 4.74 Å². The molecule has 0 saturated carbocycles. The number of nitrogen functional groups attached to an aromatic ring is 1. The van der Waals surface area contributed by atoms with Gasteiger partial charge in [0, 0.05) is 36.6 Å². The lowest BCUT2D eigenvalue weighted by Crippen LogP contribution is -2.25. The van der Waals surface area contributed by atoms with E-state index >= 15 is 0 Å². The number of rotatable bonds is 3. The van der Waals surface area contributed by atoms with Crippen LogP contribution in [-0.4, -0.2) is 19.7 Å². The molecule has 2 N–H and O–H groups in total. The Morgan fingerprint density at radius 1 is 1.21 bits per heavy atom. The molecule has 0 amide bonds. The standard InChI is InChI=1S/C16H26N2O/c1-4-19-15-11-13(17)10-14(12-15)18-8-5-6-16(2,3)7-9-18/h10-12H,4-9,17H2,1-3H3. The largest absolute Gasteiger partial charge is 0.494 e. The van der Waals surface area contributed by atoms with Crippen molar-refractivity contribution in [2.24, 2.45) is 5.41 Å². The van der Waals surface area contributed by atoms with Gasteiger partial charge in [-0.25, -0.2) is 0 Å². The number of hydrogen-bond acceptors (Lipinski definition) is 3. The highest BCUT2D eigenvalue weighted by atomic mass is 16.5. The Bertz CT molecular complexity index is 429. The van der Waals surface area contributed by atoms with Gasteiger partial charge in [0.2, 0.25) is 0 Å². The molecule has 3 heteroatoms. The SMILES string of the molecule is CCOc1cc(N)cc(N2CCCC(C)(C)CC2)c1. The minimum atomic E-state index is 0.456. The normalized spacial score (nSPS) is 19.0. The van der Waals surface area contributed by atoms with Crippen LogP contribution in [0.2, 0.25) is 0 Å². The van der Waals surface area contributed by atoms with Crippen molar-refractivity contribution in [2.45, 2.75) is 40.0 Å². The quantitative estimate of drug-likeness (QED) is 0.844. The number of ether oxygens (including phenoxy) is 1. The minimum Gasteiger partial charge on any atom is -0.494 e. The summed E-state index contributed by atoms with van der Waals surface area (Å²) in [6.07, 6.45) is 3.77. The molecule has 0 aliphatic carbocycles. The van der Waals surface area contributed by atoms with Crippen LogP contribution in [0.15, 0.2) is 18.2 Å². The number of hydrogen-bond donors (Lipinski definition) is 1. The molecule has 1 fully saturated rings. The monoisotopic (exact) mass is 262 g/mol. The number of nitrogens with two attached hydrogens (primary N) is 1. The predicted molar refractivity (Wildman–Crippen MR) is 81.9 cm³/mol. The van der Waals surface area contributed by atoms with Crippen LogP contribution in [0.25, 0.3) is 0 Å². The second-order valence-corrected chi connectivity index (χ2v) is 6.20. The molecule has 19 heavy (non-hydrogen) atoms. The summed E-state index contributed by atoms with van der Waals surface area (Å²) in [7, 11) is 0. The van der Waals surface area contributed by atoms with Gasteiger partial charge in [0.1, 0.15) is 5.75 Å². The van der Waals surface area contributed by atoms with Gasteiger partial charge in [-0.1, -0.05) is 13.8 Å². The summed E-state index contributed by atoms with van der Waals surface area (Å²) in [5.74, 6) is 0.876. The van der Waals surface area contributed by atoms with Gasteiger partial charge in [0.15, 0.2) is 0 Å². The molecule has 1 heterocycles. The second-order valence-electron chi connectivity index (χ2n) is 6.20. The Morgan fingerprint density at radius 3 is 2.74 bits per heavy atom. The van der Waals surface area contributed by atoms with Crippen molar-refractivity contribution in [2.75, 3.05) is 30.3 Å². The molecule has 1 aliphatic rings. The molecule has 2 rings (SSSR count). The van der Waals surface area contributed by atoms with Gasteiger partial charge in [-0.2, -0.15) is 0 Å². The summed E-state index contributed by atoms with van der Waals surface area (Å²) >= 11 is 0. The molecule has 0 unspecified atom stereocenters. The van der Waals surface area contributed by atoms with Crippen molar-refractivity contribution in [1.29, 1.82) is 0 Å². The lowest BCUT2D eigenvalue weighted by atomic mass is 9.85. The first-order valence-corrected chi connectivity index (χ1v) is 7.28. The molecule has 0 aromatic heterocycles. The first kappa shape index (κ1) is 14.0. The second kappa shape index (κ2) is 5.72. The highest BCUT2D eigenvalue weighted by Crippen LogP contribution is 2.33. The van der Waals surface area contributed by atoms with Gasteiger partial charge in [0.25, 0.3) is 0 Å². The fourth-order valence-electron chi connectivity index (χ4n) is 2.72. The molecule has 1 aliphatic heterocycles. The number of benzene rings is 1. The van der Waals surface area contributed by atoms with Crippen LogP contribution in [0.3, 0.4) is 0 Å². The van der Waals surface area contributed by atoms with Crippen LogP contribution in [0.4, 0.5) is 11.4 Å². The van der Waals surface area contributed by atoms with Gasteiger partial charge in [-0.05, 0) is 37.7 Å². The third-order valence-electron chi connectivity index (χ3n) is 3.93. The molecular formula is C16H26N2O. The van der Waals surface area contributed by atoms with E-state index in [9.17, 15) is 0 Å². The lowest BCUT2D eigenvalue weighted by Gasteiger charge is -2.25. The Labute approximate surface area is 116 Å². The smallest absolute Gasteiger partial charge is 0.123 e. The average Bonchev–Trinajstić information content (AvgIpc) is 2.50. The van der Waals surface area contributed by atoms with E-state index in [2.05, 4.69) is 30.9 Å². The third kappa shape index (κ3) is 3.79. The predicted octanol–water partition coefficient (Wildman–Crippen LogP) is 3.68. The van der Waals surface area contributed by atoms with Crippen molar-refractivity contribution >= 4 is 11.4 Å². The maximum Gasteiger partial charge on any atom is 0.123 e. The fourth-order valence-corrected chi connectivity index (χ4v) is 2.72. The zero-order chi connectivity index (χ0) is 13.9. The fraction of sp³-hybridized carbons (Fsp3) is 0.625. The molecular weight excluding hydrogens is 236 g/mol. The molecule has 1 aromatic carbocycles.